The van der Waals surface area contributed by atoms with E-state index in [1.54, 1.807) is 42.5 Å². The van der Waals surface area contributed by atoms with Crippen LogP contribution in [0.25, 0.3) is 22.8 Å². The number of rotatable bonds is 8. The number of para-hydroxylation sites is 2. The molecule has 0 spiro atoms. The smallest absolute Gasteiger partial charge is 0.292 e. The van der Waals surface area contributed by atoms with Gasteiger partial charge in [-0.1, -0.05) is 29.4 Å². The number of nitro benzene ring substituents is 1. The van der Waals surface area contributed by atoms with E-state index in [0.717, 1.165) is 0 Å². The Hall–Kier alpha value is -4.93. The van der Waals surface area contributed by atoms with Gasteiger partial charge in [0, 0.05) is 11.6 Å². The lowest BCUT2D eigenvalue weighted by atomic mass is 10.1. The third kappa shape index (κ3) is 4.60. The molecule has 11 nitrogen and oxygen atoms in total. The van der Waals surface area contributed by atoms with Crippen molar-refractivity contribution >= 4 is 17.3 Å². The lowest BCUT2D eigenvalue weighted by Gasteiger charge is -2.12. The third-order valence-corrected chi connectivity index (χ3v) is 5.10. The third-order valence-electron chi connectivity index (χ3n) is 5.10. The molecular formula is C24H20N4O7. The molecule has 0 aliphatic rings. The van der Waals surface area contributed by atoms with Crippen LogP contribution in [0.5, 0.6) is 17.2 Å². The Morgan fingerprint density at radius 3 is 2.29 bits per heavy atom. The molecule has 1 aromatic heterocycles. The summed E-state index contributed by atoms with van der Waals surface area (Å²) in [5, 5.41) is 17.9. The molecule has 0 saturated heterocycles. The standard InChI is InChI=1S/C24H20N4O7/c1-32-19-12-14(13-20(33-2)21(19)34-3)22-26-24(35-27-22)16-9-5-4-8-15(16)23(29)25-17-10-6-7-11-18(17)28(30)31/h4-13H,1-3H3,(H,25,29). The molecule has 11 heteroatoms. The summed E-state index contributed by atoms with van der Waals surface area (Å²) in [6.45, 7) is 0. The molecule has 0 aliphatic carbocycles. The first-order valence-electron chi connectivity index (χ1n) is 10.2. The number of benzene rings is 3. The van der Waals surface area contributed by atoms with Crippen LogP contribution in [0.2, 0.25) is 0 Å². The minimum absolute atomic E-state index is 0.0703. The maximum absolute atomic E-state index is 13.0. The molecule has 0 unspecified atom stereocenters. The number of ether oxygens (including phenoxy) is 3. The molecule has 3 aromatic carbocycles. The molecule has 0 fully saturated rings. The summed E-state index contributed by atoms with van der Waals surface area (Å²) in [7, 11) is 4.49. The number of methoxy groups -OCH3 is 3. The van der Waals surface area contributed by atoms with Crippen LogP contribution in [0, 0.1) is 10.1 Å². The average molecular weight is 476 g/mol. The second-order valence-electron chi connectivity index (χ2n) is 7.11. The lowest BCUT2D eigenvalue weighted by Crippen LogP contribution is -2.14. The highest BCUT2D eigenvalue weighted by atomic mass is 16.6. The first-order chi connectivity index (χ1) is 17.0. The molecule has 1 N–H and O–H groups in total. The molecule has 1 amide bonds. The number of carbonyl (C=O) groups is 1. The summed E-state index contributed by atoms with van der Waals surface area (Å²) < 4.78 is 21.5. The molecule has 0 atom stereocenters. The summed E-state index contributed by atoms with van der Waals surface area (Å²) in [5.74, 6) is 0.993. The van der Waals surface area contributed by atoms with Crippen LogP contribution in [0.15, 0.2) is 65.2 Å². The zero-order valence-corrected chi connectivity index (χ0v) is 19.0. The van der Waals surface area contributed by atoms with E-state index < -0.39 is 10.8 Å². The van der Waals surface area contributed by atoms with Gasteiger partial charge in [-0.25, -0.2) is 0 Å². The Labute approximate surface area is 199 Å². The van der Waals surface area contributed by atoms with Gasteiger partial charge < -0.3 is 24.1 Å². The number of anilines is 1. The van der Waals surface area contributed by atoms with Crippen LogP contribution in [0.1, 0.15) is 10.4 Å². The van der Waals surface area contributed by atoms with Gasteiger partial charge in [0.1, 0.15) is 5.69 Å². The number of nitrogens with one attached hydrogen (secondary N) is 1. The van der Waals surface area contributed by atoms with Crippen molar-refractivity contribution in [2.24, 2.45) is 0 Å². The molecule has 0 bridgehead atoms. The minimum Gasteiger partial charge on any atom is -0.493 e. The molecule has 35 heavy (non-hydrogen) atoms. The zero-order valence-electron chi connectivity index (χ0n) is 19.0. The highest BCUT2D eigenvalue weighted by Crippen LogP contribution is 2.41. The number of hydrogen-bond donors (Lipinski definition) is 1. The number of carbonyl (C=O) groups excluding carboxylic acids is 1. The van der Waals surface area contributed by atoms with Gasteiger partial charge >= 0.3 is 0 Å². The van der Waals surface area contributed by atoms with Crippen LogP contribution >= 0.6 is 0 Å². The Kier molecular flexibility index (Phi) is 6.58. The number of hydrogen-bond acceptors (Lipinski definition) is 9. The zero-order chi connectivity index (χ0) is 24.9. The normalized spacial score (nSPS) is 10.5. The molecule has 4 aromatic rings. The van der Waals surface area contributed by atoms with Crippen LogP contribution in [-0.4, -0.2) is 42.3 Å². The highest BCUT2D eigenvalue weighted by molar-refractivity contribution is 6.09. The maximum atomic E-state index is 13.0. The molecule has 0 aliphatic heterocycles. The van der Waals surface area contributed by atoms with Crippen molar-refractivity contribution in [2.45, 2.75) is 0 Å². The van der Waals surface area contributed by atoms with Crippen molar-refractivity contribution in [3.8, 4) is 40.1 Å². The monoisotopic (exact) mass is 476 g/mol. The first-order valence-corrected chi connectivity index (χ1v) is 10.2. The predicted octanol–water partition coefficient (Wildman–Crippen LogP) is 4.59. The van der Waals surface area contributed by atoms with E-state index >= 15 is 0 Å². The Balaban J connectivity index is 1.69. The van der Waals surface area contributed by atoms with Crippen molar-refractivity contribution in [3.05, 3.63) is 76.3 Å². The fourth-order valence-electron chi connectivity index (χ4n) is 3.46. The maximum Gasteiger partial charge on any atom is 0.292 e. The quantitative estimate of drug-likeness (QED) is 0.286. The highest BCUT2D eigenvalue weighted by Gasteiger charge is 2.22. The van der Waals surface area contributed by atoms with E-state index in [9.17, 15) is 14.9 Å². The van der Waals surface area contributed by atoms with Gasteiger partial charge in [-0.05, 0) is 30.3 Å². The second kappa shape index (κ2) is 9.91. The van der Waals surface area contributed by atoms with E-state index in [0.29, 0.717) is 28.4 Å². The van der Waals surface area contributed by atoms with Crippen molar-refractivity contribution in [1.82, 2.24) is 10.1 Å². The average Bonchev–Trinajstić information content (AvgIpc) is 3.38. The topological polar surface area (TPSA) is 139 Å². The summed E-state index contributed by atoms with van der Waals surface area (Å²) in [6, 6.07) is 15.8. The Morgan fingerprint density at radius 2 is 1.63 bits per heavy atom. The van der Waals surface area contributed by atoms with Crippen molar-refractivity contribution < 1.29 is 28.5 Å². The minimum atomic E-state index is -0.567. The largest absolute Gasteiger partial charge is 0.493 e. The van der Waals surface area contributed by atoms with E-state index in [-0.39, 0.29) is 28.7 Å². The number of amides is 1. The van der Waals surface area contributed by atoms with Gasteiger partial charge in [-0.15, -0.1) is 0 Å². The Bertz CT molecular complexity index is 1380. The molecule has 0 radical (unpaired) electrons. The van der Waals surface area contributed by atoms with Gasteiger partial charge in [-0.2, -0.15) is 4.98 Å². The predicted molar refractivity (Wildman–Crippen MR) is 126 cm³/mol. The van der Waals surface area contributed by atoms with E-state index in [1.165, 1.54) is 39.5 Å². The van der Waals surface area contributed by atoms with Crippen LogP contribution < -0.4 is 19.5 Å². The van der Waals surface area contributed by atoms with Crippen molar-refractivity contribution in [2.75, 3.05) is 26.6 Å². The van der Waals surface area contributed by atoms with Gasteiger partial charge in [-0.3, -0.25) is 14.9 Å². The van der Waals surface area contributed by atoms with Gasteiger partial charge in [0.15, 0.2) is 11.5 Å². The Morgan fingerprint density at radius 1 is 0.971 bits per heavy atom. The summed E-state index contributed by atoms with van der Waals surface area (Å²) in [5.41, 5.74) is 0.943. The van der Waals surface area contributed by atoms with Crippen molar-refractivity contribution in [3.63, 3.8) is 0 Å². The SMILES string of the molecule is COc1cc(-c2noc(-c3ccccc3C(=O)Nc3ccccc3[N+](=O)[O-])n2)cc(OC)c1OC. The van der Waals surface area contributed by atoms with E-state index in [2.05, 4.69) is 15.5 Å². The molecule has 178 valence electrons. The fraction of sp³-hybridized carbons (Fsp3) is 0.125. The van der Waals surface area contributed by atoms with Crippen LogP contribution in [0.3, 0.4) is 0 Å². The second-order valence-corrected chi connectivity index (χ2v) is 7.11. The van der Waals surface area contributed by atoms with E-state index in [1.807, 2.05) is 0 Å². The van der Waals surface area contributed by atoms with Crippen molar-refractivity contribution in [1.29, 1.82) is 0 Å². The van der Waals surface area contributed by atoms with Gasteiger partial charge in [0.05, 0.1) is 37.4 Å². The molecule has 1 heterocycles. The number of nitrogens with zero attached hydrogens (tertiary/aromatic N) is 3. The number of aromatic nitrogens is 2. The first kappa shape index (κ1) is 23.2. The molecule has 0 saturated carbocycles. The number of nitro groups is 1. The summed E-state index contributed by atoms with van der Waals surface area (Å²) >= 11 is 0. The lowest BCUT2D eigenvalue weighted by molar-refractivity contribution is -0.383. The molecule has 4 rings (SSSR count). The van der Waals surface area contributed by atoms with E-state index in [4.69, 9.17) is 18.7 Å². The fourth-order valence-corrected chi connectivity index (χ4v) is 3.46. The molecular weight excluding hydrogens is 456 g/mol. The van der Waals surface area contributed by atoms with Gasteiger partial charge in [0.25, 0.3) is 17.5 Å². The van der Waals surface area contributed by atoms with Crippen LogP contribution in [-0.2, 0) is 0 Å². The summed E-state index contributed by atoms with van der Waals surface area (Å²) in [6.07, 6.45) is 0. The summed E-state index contributed by atoms with van der Waals surface area (Å²) in [4.78, 5) is 28.2. The van der Waals surface area contributed by atoms with Crippen LogP contribution in [0.4, 0.5) is 11.4 Å². The van der Waals surface area contributed by atoms with Gasteiger partial charge in [0.2, 0.25) is 11.6 Å².